The molecule has 0 radical (unpaired) electrons. The van der Waals surface area contributed by atoms with Gasteiger partial charge in [0.15, 0.2) is 0 Å². The van der Waals surface area contributed by atoms with E-state index < -0.39 is 0 Å². The molecule has 8 heteroatoms. The monoisotopic (exact) mass is 1140 g/mol. The van der Waals surface area contributed by atoms with Crippen LogP contribution in [-0.2, 0) is 32.1 Å². The van der Waals surface area contributed by atoms with E-state index in [0.29, 0.717) is 0 Å². The third-order valence-electron chi connectivity index (χ3n) is 14.9. The van der Waals surface area contributed by atoms with Gasteiger partial charge in [0.05, 0.1) is 38.6 Å². The minimum absolute atomic E-state index is 0.749. The smallest absolute Gasteiger partial charge is 0.128 e. The Balaban J connectivity index is 0.000000188. The fraction of sp³-hybridized carbons (Fsp3) is 0.527. The van der Waals surface area contributed by atoms with Crippen molar-refractivity contribution in [2.45, 2.75) is 192 Å². The first-order valence-corrected chi connectivity index (χ1v) is 32.1. The van der Waals surface area contributed by atoms with Crippen LogP contribution >= 0.6 is 11.6 Å². The number of ether oxygens (including phenoxy) is 5. The zero-order chi connectivity index (χ0) is 58.9. The number of aryl methyl sites for hydroxylation is 4. The van der Waals surface area contributed by atoms with E-state index in [-0.39, 0.29) is 0 Å². The van der Waals surface area contributed by atoms with Crippen molar-refractivity contribution in [3.63, 3.8) is 0 Å². The first-order valence-electron chi connectivity index (χ1n) is 31.7. The third-order valence-corrected chi connectivity index (χ3v) is 15.3. The van der Waals surface area contributed by atoms with Crippen LogP contribution in [0.25, 0.3) is 21.8 Å². The lowest BCUT2D eigenvalue weighted by Crippen LogP contribution is -2.07. The predicted octanol–water partition coefficient (Wildman–Crippen LogP) is 21.1. The molecule has 0 atom stereocenters. The zero-order valence-electron chi connectivity index (χ0n) is 52.6. The van der Waals surface area contributed by atoms with E-state index in [1.807, 2.05) is 60.9 Å². The fourth-order valence-corrected chi connectivity index (χ4v) is 10.4. The van der Waals surface area contributed by atoms with Crippen LogP contribution in [0.1, 0.15) is 187 Å². The van der Waals surface area contributed by atoms with Crippen molar-refractivity contribution in [3.05, 3.63) is 154 Å². The Morgan fingerprint density at radius 2 is 0.976 bits per heavy atom. The number of hydrogen-bond acceptors (Lipinski definition) is 6. The number of pyridine rings is 1. The standard InChI is InChI=1S/C16H24O.C15H19NO.C15H22O.C14H21ClO.C14H19NO/c1-13(2)7-6-12-17-16-11-5-9-14-8-3-4-10-15(14)16;1-12(2)5-4-10-17-14-7-8-15-13(11-14)6-3-9-16-15;1-12(2)5-4-10-16-15-9-8-13-6-3-7-14(13)11-15;1-4-12-10-13(7-8-14(12)15)16-9-5-6-11(2)3;1-11(2)5-4-10-16-14-7-3-6-13-12(14)8-9-15-13/h5,9,11,13H,3-4,6-8,10,12H2,1-2H3;3,6-9,11-12H,4-5,10H2,1-2H3;8-9,11-12H,3-7,10H2,1-2H3;7-8,10-11H,4-6,9H2,1-3H3;3,6-9,11,15H,4-5,10H2,1-2H3. The van der Waals surface area contributed by atoms with Crippen molar-refractivity contribution < 1.29 is 23.7 Å². The molecule has 2 aromatic heterocycles. The number of aromatic nitrogens is 2. The van der Waals surface area contributed by atoms with Crippen molar-refractivity contribution in [1.82, 2.24) is 9.97 Å². The summed E-state index contributed by atoms with van der Waals surface area (Å²) in [6.45, 7) is 28.7. The van der Waals surface area contributed by atoms with Crippen LogP contribution in [0.3, 0.4) is 0 Å². The molecule has 0 spiro atoms. The molecule has 0 amide bonds. The van der Waals surface area contributed by atoms with Gasteiger partial charge in [0.25, 0.3) is 0 Å². The Hall–Kier alpha value is -5.66. The van der Waals surface area contributed by atoms with Crippen molar-refractivity contribution in [2.75, 3.05) is 33.0 Å². The van der Waals surface area contributed by atoms with Crippen molar-refractivity contribution >= 4 is 33.4 Å². The van der Waals surface area contributed by atoms with E-state index in [1.54, 1.807) is 0 Å². The molecule has 0 saturated heterocycles. The van der Waals surface area contributed by atoms with Crippen LogP contribution < -0.4 is 23.7 Å². The number of rotatable bonds is 26. The van der Waals surface area contributed by atoms with Gasteiger partial charge in [-0.05, 0) is 252 Å². The molecule has 5 aromatic carbocycles. The molecule has 0 unspecified atom stereocenters. The molecule has 0 fully saturated rings. The number of nitrogens with zero attached hydrogens (tertiary/aromatic N) is 1. The van der Waals surface area contributed by atoms with Crippen LogP contribution in [0.2, 0.25) is 5.02 Å². The van der Waals surface area contributed by atoms with Crippen molar-refractivity contribution in [3.8, 4) is 28.7 Å². The molecule has 1 N–H and O–H groups in total. The average Bonchev–Trinajstić information content (AvgIpc) is 4.22. The van der Waals surface area contributed by atoms with E-state index in [2.05, 4.69) is 147 Å². The molecule has 0 bridgehead atoms. The second-order valence-corrected chi connectivity index (χ2v) is 24.9. The summed E-state index contributed by atoms with van der Waals surface area (Å²) in [6.07, 6.45) is 25.5. The van der Waals surface area contributed by atoms with Crippen molar-refractivity contribution in [2.24, 2.45) is 29.6 Å². The largest absolute Gasteiger partial charge is 0.494 e. The minimum atomic E-state index is 0.749. The summed E-state index contributed by atoms with van der Waals surface area (Å²) >= 11 is 6.04. The van der Waals surface area contributed by atoms with E-state index >= 15 is 0 Å². The number of benzene rings is 5. The highest BCUT2D eigenvalue weighted by Gasteiger charge is 2.14. The quantitative estimate of drug-likeness (QED) is 0.0545. The molecule has 9 rings (SSSR count). The van der Waals surface area contributed by atoms with Crippen LogP contribution in [0, 0.1) is 29.6 Å². The van der Waals surface area contributed by atoms with Gasteiger partial charge in [-0.2, -0.15) is 0 Å². The predicted molar refractivity (Wildman–Crippen MR) is 350 cm³/mol. The number of fused-ring (bicyclic) bond motifs is 4. The number of nitrogens with one attached hydrogen (secondary N) is 1. The first kappa shape index (κ1) is 67.1. The highest BCUT2D eigenvalue weighted by atomic mass is 35.5. The Morgan fingerprint density at radius 3 is 1.60 bits per heavy atom. The average molecular weight is 1140 g/mol. The van der Waals surface area contributed by atoms with Gasteiger partial charge in [-0.15, -0.1) is 0 Å². The van der Waals surface area contributed by atoms with Gasteiger partial charge < -0.3 is 28.7 Å². The second kappa shape index (κ2) is 38.2. The zero-order valence-corrected chi connectivity index (χ0v) is 53.3. The minimum Gasteiger partial charge on any atom is -0.494 e. The van der Waals surface area contributed by atoms with Crippen molar-refractivity contribution in [1.29, 1.82) is 0 Å². The number of H-pyrrole nitrogens is 1. The van der Waals surface area contributed by atoms with Crippen LogP contribution in [0.4, 0.5) is 0 Å². The van der Waals surface area contributed by atoms with Gasteiger partial charge in [-0.1, -0.05) is 118 Å². The maximum atomic E-state index is 6.04. The van der Waals surface area contributed by atoms with E-state index in [0.717, 1.165) is 150 Å². The Kier molecular flexibility index (Phi) is 31.3. The normalized spacial score (nSPS) is 12.4. The molecule has 2 heterocycles. The van der Waals surface area contributed by atoms with Gasteiger partial charge in [0, 0.05) is 33.7 Å². The van der Waals surface area contributed by atoms with E-state index in [4.69, 9.17) is 35.3 Å². The summed E-state index contributed by atoms with van der Waals surface area (Å²) in [4.78, 5) is 7.47. The number of halogens is 1. The van der Waals surface area contributed by atoms with Gasteiger partial charge in [-0.25, -0.2) is 0 Å². The van der Waals surface area contributed by atoms with E-state index in [9.17, 15) is 0 Å². The lowest BCUT2D eigenvalue weighted by atomic mass is 9.91. The van der Waals surface area contributed by atoms with Crippen LogP contribution in [0.5, 0.6) is 28.7 Å². The highest BCUT2D eigenvalue weighted by molar-refractivity contribution is 6.31. The Morgan fingerprint density at radius 1 is 0.463 bits per heavy atom. The van der Waals surface area contributed by atoms with Gasteiger partial charge >= 0.3 is 0 Å². The topological polar surface area (TPSA) is 74.8 Å². The molecule has 2 aliphatic rings. The van der Waals surface area contributed by atoms with Gasteiger partial charge in [0.2, 0.25) is 0 Å². The van der Waals surface area contributed by atoms with Crippen LogP contribution in [-0.4, -0.2) is 43.0 Å². The Bertz CT molecular complexity index is 2810. The molecule has 7 aromatic rings. The van der Waals surface area contributed by atoms with E-state index in [1.165, 1.54) is 111 Å². The first-order chi connectivity index (χ1) is 39.7. The fourth-order valence-electron chi connectivity index (χ4n) is 10.1. The maximum Gasteiger partial charge on any atom is 0.128 e. The molecule has 0 aliphatic heterocycles. The number of hydrogen-bond donors (Lipinski definition) is 1. The summed E-state index contributed by atoms with van der Waals surface area (Å²) in [6, 6.07) is 37.3. The lowest BCUT2D eigenvalue weighted by Gasteiger charge is -2.19. The molecule has 82 heavy (non-hydrogen) atoms. The molecule has 0 saturated carbocycles. The summed E-state index contributed by atoms with van der Waals surface area (Å²) in [5, 5.41) is 3.14. The molecule has 448 valence electrons. The van der Waals surface area contributed by atoms with Gasteiger partial charge in [0.1, 0.15) is 28.7 Å². The van der Waals surface area contributed by atoms with Gasteiger partial charge in [-0.3, -0.25) is 4.98 Å². The SMILES string of the molecule is CC(C)CCCOc1ccc2c(c1)CCC2.CC(C)CCCOc1ccc2ncccc2c1.CC(C)CCCOc1cccc2[nH]ccc12.CC(C)CCCOc1cccc2c1CCCC2.CCc1cc(OCCCC(C)C)ccc1Cl. The third kappa shape index (κ3) is 25.9. The lowest BCUT2D eigenvalue weighted by molar-refractivity contribution is 0.293. The Labute approximate surface area is 502 Å². The summed E-state index contributed by atoms with van der Waals surface area (Å²) in [7, 11) is 0. The highest BCUT2D eigenvalue weighted by Crippen LogP contribution is 2.31. The molecule has 2 aliphatic carbocycles. The maximum absolute atomic E-state index is 6.04. The summed E-state index contributed by atoms with van der Waals surface area (Å²) in [5.41, 5.74) is 9.32. The van der Waals surface area contributed by atoms with Crippen LogP contribution in [0.15, 0.2) is 122 Å². The number of aromatic amines is 1. The molecule has 7 nitrogen and oxygen atoms in total. The summed E-state index contributed by atoms with van der Waals surface area (Å²) in [5.74, 6) is 8.88. The summed E-state index contributed by atoms with van der Waals surface area (Å²) < 4.78 is 29.0. The molecular weight excluding hydrogens is 1030 g/mol. The second-order valence-electron chi connectivity index (χ2n) is 24.5. The molecular formula is C74H105ClN2O5.